The number of nitrogens with zero attached hydrogens (tertiary/aromatic N) is 1. The highest BCUT2D eigenvalue weighted by atomic mass is 31.2. The van der Waals surface area contributed by atoms with Gasteiger partial charge in [-0.15, -0.1) is 0 Å². The van der Waals surface area contributed by atoms with Crippen LogP contribution in [0.2, 0.25) is 0 Å². The standard InChI is InChI=1S/C69H129N2O7P/c1-7-10-13-16-19-22-25-27-29-30-31-32-33-34-35-36-37-38-39-40-42-43-46-49-52-55-58-61-68(72)70-66(65-77-79(74,75)76-64-63-71(4,5)6)67(60-57-54-51-48-45-24-21-18-15-12-9-3)78-69(73)62-59-56-53-50-47-44-41-28-26-23-20-17-14-11-8-2/h19,22,27,29,31-32,34-35,57,60,66-67H,7-18,20-21,23-26,28,30,33,36-56,58-59,61-65H2,1-6H3,(H-,70,72,74,75)/p+1/b22-19-,29-27-,32-31-,35-34-,60-57-. The van der Waals surface area contributed by atoms with Gasteiger partial charge in [0, 0.05) is 12.8 Å². The maximum atomic E-state index is 13.6. The van der Waals surface area contributed by atoms with Crippen molar-refractivity contribution in [3.05, 3.63) is 60.8 Å². The van der Waals surface area contributed by atoms with Crippen molar-refractivity contribution in [3.63, 3.8) is 0 Å². The Hall–Kier alpha value is -2.29. The van der Waals surface area contributed by atoms with Crippen LogP contribution in [0.1, 0.15) is 316 Å². The Labute approximate surface area is 490 Å². The number of likely N-dealkylation sites (N-methyl/N-ethyl adjacent to an activating group) is 1. The molecule has 0 bridgehead atoms. The SMILES string of the molecule is CCCCC/C=C\C/C=C\C/C=C\C/C=C\CCCCCCCCCCCCCC(=O)NC(COP(=O)(O)OCC[N+](C)(C)C)C(/C=C\CCCCCCCCCCC)OC(=O)CCCCCCCCCCCCCCCCC. The van der Waals surface area contributed by atoms with Gasteiger partial charge in [0.2, 0.25) is 5.91 Å². The minimum absolute atomic E-state index is 0.0401. The van der Waals surface area contributed by atoms with E-state index in [2.05, 4.69) is 74.7 Å². The summed E-state index contributed by atoms with van der Waals surface area (Å²) in [6.45, 7) is 7.01. The highest BCUT2D eigenvalue weighted by Crippen LogP contribution is 2.43. The van der Waals surface area contributed by atoms with Crippen LogP contribution in [0, 0.1) is 0 Å². The van der Waals surface area contributed by atoms with Crippen molar-refractivity contribution in [2.24, 2.45) is 0 Å². The highest BCUT2D eigenvalue weighted by molar-refractivity contribution is 7.47. The van der Waals surface area contributed by atoms with Crippen LogP contribution in [0.15, 0.2) is 60.8 Å². The lowest BCUT2D eigenvalue weighted by Gasteiger charge is -2.27. The Kier molecular flexibility index (Phi) is 57.2. The smallest absolute Gasteiger partial charge is 0.456 e. The Bertz CT molecular complexity index is 1540. The second-order valence-corrected chi connectivity index (χ2v) is 25.5. The van der Waals surface area contributed by atoms with Gasteiger partial charge in [-0.2, -0.15) is 0 Å². The Morgan fingerprint density at radius 3 is 1.18 bits per heavy atom. The number of phosphoric acid groups is 1. The molecule has 3 unspecified atom stereocenters. The molecule has 2 N–H and O–H groups in total. The third kappa shape index (κ3) is 60.1. The van der Waals surface area contributed by atoms with Gasteiger partial charge in [0.05, 0.1) is 33.8 Å². The van der Waals surface area contributed by atoms with Crippen LogP contribution in [0.3, 0.4) is 0 Å². The molecule has 10 heteroatoms. The van der Waals surface area contributed by atoms with E-state index in [1.807, 2.05) is 33.3 Å². The Balaban J connectivity index is 5.02. The minimum Gasteiger partial charge on any atom is -0.456 e. The zero-order chi connectivity index (χ0) is 57.9. The van der Waals surface area contributed by atoms with Crippen LogP contribution < -0.4 is 5.32 Å². The second-order valence-electron chi connectivity index (χ2n) is 24.0. The van der Waals surface area contributed by atoms with Crippen molar-refractivity contribution in [2.45, 2.75) is 328 Å². The Morgan fingerprint density at radius 1 is 0.443 bits per heavy atom. The summed E-state index contributed by atoms with van der Waals surface area (Å²) in [5.74, 6) is -0.498. The quantitative estimate of drug-likeness (QED) is 0.0205. The number of phosphoric ester groups is 1. The van der Waals surface area contributed by atoms with Gasteiger partial charge in [-0.25, -0.2) is 4.57 Å². The summed E-state index contributed by atoms with van der Waals surface area (Å²) in [5, 5.41) is 3.06. The van der Waals surface area contributed by atoms with Crippen molar-refractivity contribution in [1.29, 1.82) is 0 Å². The first-order valence-corrected chi connectivity index (χ1v) is 35.1. The number of nitrogens with one attached hydrogen (secondary N) is 1. The zero-order valence-corrected chi connectivity index (χ0v) is 53.8. The van der Waals surface area contributed by atoms with Gasteiger partial charge in [-0.1, -0.05) is 287 Å². The number of allylic oxidation sites excluding steroid dienone is 9. The first kappa shape index (κ1) is 76.7. The number of rotatable bonds is 61. The van der Waals surface area contributed by atoms with E-state index in [0.29, 0.717) is 23.9 Å². The largest absolute Gasteiger partial charge is 0.472 e. The Morgan fingerprint density at radius 2 is 0.772 bits per heavy atom. The molecule has 0 saturated heterocycles. The first-order valence-electron chi connectivity index (χ1n) is 33.6. The molecule has 0 spiro atoms. The molecule has 0 aliphatic heterocycles. The number of ether oxygens (including phenoxy) is 1. The molecule has 462 valence electrons. The number of amides is 1. The molecule has 0 aliphatic rings. The molecular weight excluding hydrogens is 1000 g/mol. The van der Waals surface area contributed by atoms with E-state index >= 15 is 0 Å². The van der Waals surface area contributed by atoms with Crippen molar-refractivity contribution >= 4 is 19.7 Å². The molecule has 1 amide bonds. The van der Waals surface area contributed by atoms with Crippen molar-refractivity contribution in [2.75, 3.05) is 40.9 Å². The fourth-order valence-electron chi connectivity index (χ4n) is 9.75. The summed E-state index contributed by atoms with van der Waals surface area (Å²) in [4.78, 5) is 37.8. The van der Waals surface area contributed by atoms with Crippen LogP contribution in [-0.4, -0.2) is 74.3 Å². The first-order chi connectivity index (χ1) is 38.4. The molecule has 79 heavy (non-hydrogen) atoms. The van der Waals surface area contributed by atoms with Crippen LogP contribution in [0.5, 0.6) is 0 Å². The molecule has 0 aromatic carbocycles. The van der Waals surface area contributed by atoms with E-state index in [4.69, 9.17) is 13.8 Å². The summed E-state index contributed by atoms with van der Waals surface area (Å²) < 4.78 is 30.7. The lowest BCUT2D eigenvalue weighted by molar-refractivity contribution is -0.870. The van der Waals surface area contributed by atoms with E-state index < -0.39 is 20.0 Å². The number of carbonyl (C=O) groups is 2. The second kappa shape index (κ2) is 58.9. The predicted octanol–water partition coefficient (Wildman–Crippen LogP) is 21.0. The normalized spacial score (nSPS) is 14.0. The molecule has 0 aliphatic carbocycles. The summed E-state index contributed by atoms with van der Waals surface area (Å²) in [6.07, 6.45) is 75.1. The number of hydrogen-bond acceptors (Lipinski definition) is 6. The van der Waals surface area contributed by atoms with Crippen molar-refractivity contribution < 1.29 is 37.3 Å². The summed E-state index contributed by atoms with van der Waals surface area (Å²) in [6, 6.07) is -0.848. The average molecular weight is 1130 g/mol. The monoisotopic (exact) mass is 1130 g/mol. The molecule has 0 rings (SSSR count). The summed E-state index contributed by atoms with van der Waals surface area (Å²) in [5.41, 5.74) is 0. The van der Waals surface area contributed by atoms with Gasteiger partial charge in [-0.05, 0) is 76.7 Å². The van der Waals surface area contributed by atoms with Gasteiger partial charge in [-0.3, -0.25) is 18.6 Å². The molecule has 0 aromatic heterocycles. The lowest BCUT2D eigenvalue weighted by atomic mass is 10.0. The summed E-state index contributed by atoms with van der Waals surface area (Å²) in [7, 11) is 1.50. The number of quaternary nitrogens is 1. The van der Waals surface area contributed by atoms with E-state index in [1.54, 1.807) is 0 Å². The molecule has 9 nitrogen and oxygen atoms in total. The average Bonchev–Trinajstić information content (AvgIpc) is 3.41. The van der Waals surface area contributed by atoms with Crippen LogP contribution in [-0.2, 0) is 27.9 Å². The predicted molar refractivity (Wildman–Crippen MR) is 342 cm³/mol. The molecule has 0 heterocycles. The van der Waals surface area contributed by atoms with Crippen molar-refractivity contribution in [1.82, 2.24) is 5.32 Å². The van der Waals surface area contributed by atoms with E-state index in [9.17, 15) is 19.0 Å². The third-order valence-electron chi connectivity index (χ3n) is 15.0. The molecular formula is C69H130N2O7P+. The van der Waals surface area contributed by atoms with E-state index in [0.717, 1.165) is 77.0 Å². The fraction of sp³-hybridized carbons (Fsp3) is 0.826. The number of hydrogen-bond donors (Lipinski definition) is 2. The van der Waals surface area contributed by atoms with Crippen molar-refractivity contribution in [3.8, 4) is 0 Å². The summed E-state index contributed by atoms with van der Waals surface area (Å²) >= 11 is 0. The third-order valence-corrected chi connectivity index (χ3v) is 15.9. The highest BCUT2D eigenvalue weighted by Gasteiger charge is 2.30. The number of unbranched alkanes of at least 4 members (excludes halogenated alkanes) is 37. The van der Waals surface area contributed by atoms with Gasteiger partial charge >= 0.3 is 13.8 Å². The number of carbonyl (C=O) groups excluding carboxylic acids is 2. The van der Waals surface area contributed by atoms with E-state index in [-0.39, 0.29) is 25.1 Å². The molecule has 0 radical (unpaired) electrons. The van der Waals surface area contributed by atoms with Gasteiger partial charge in [0.1, 0.15) is 19.3 Å². The van der Waals surface area contributed by atoms with Gasteiger partial charge in [0.25, 0.3) is 0 Å². The molecule has 0 fully saturated rings. The van der Waals surface area contributed by atoms with Crippen LogP contribution >= 0.6 is 7.82 Å². The maximum Gasteiger partial charge on any atom is 0.472 e. The topological polar surface area (TPSA) is 111 Å². The molecule has 0 saturated carbocycles. The zero-order valence-electron chi connectivity index (χ0n) is 52.9. The molecule has 0 aromatic rings. The molecule has 3 atom stereocenters. The van der Waals surface area contributed by atoms with Crippen LogP contribution in [0.25, 0.3) is 0 Å². The minimum atomic E-state index is -4.45. The number of esters is 1. The maximum absolute atomic E-state index is 13.6. The fourth-order valence-corrected chi connectivity index (χ4v) is 10.5. The van der Waals surface area contributed by atoms with Crippen LogP contribution in [0.4, 0.5) is 0 Å². The lowest BCUT2D eigenvalue weighted by Crippen LogP contribution is -2.47. The van der Waals surface area contributed by atoms with Gasteiger partial charge < -0.3 is 19.4 Å². The van der Waals surface area contributed by atoms with E-state index in [1.165, 1.54) is 205 Å². The van der Waals surface area contributed by atoms with Gasteiger partial charge in [0.15, 0.2) is 0 Å².